The number of nitrogens with two attached hydrogens (primary N) is 1. The van der Waals surface area contributed by atoms with Crippen LogP contribution in [0.1, 0.15) is 21.5 Å². The summed E-state index contributed by atoms with van der Waals surface area (Å²) in [4.78, 5) is 12.0. The van der Waals surface area contributed by atoms with Gasteiger partial charge in [-0.05, 0) is 48.0 Å². The van der Waals surface area contributed by atoms with Crippen molar-refractivity contribution in [3.05, 3.63) is 82.9 Å². The van der Waals surface area contributed by atoms with E-state index in [1.807, 2.05) is 6.07 Å². The van der Waals surface area contributed by atoms with Crippen molar-refractivity contribution < 1.29 is 18.3 Å². The lowest BCUT2D eigenvalue weighted by atomic mass is 10.0. The second-order valence-corrected chi connectivity index (χ2v) is 6.55. The molecule has 0 atom stereocenters. The van der Waals surface area contributed by atoms with Crippen LogP contribution in [0.2, 0.25) is 0 Å². The molecule has 141 valence electrons. The van der Waals surface area contributed by atoms with E-state index >= 15 is 0 Å². The fourth-order valence-electron chi connectivity index (χ4n) is 3.57. The predicted octanol–water partition coefficient (Wildman–Crippen LogP) is 4.17. The molecule has 3 aromatic carbocycles. The van der Waals surface area contributed by atoms with Crippen molar-refractivity contribution in [3.63, 3.8) is 0 Å². The number of primary amides is 1. The first-order valence-electron chi connectivity index (χ1n) is 8.68. The monoisotopic (exact) mass is 379 g/mol. The van der Waals surface area contributed by atoms with Gasteiger partial charge in [-0.15, -0.1) is 0 Å². The number of carbonyl (C=O) groups excluding carboxylic acids is 1. The van der Waals surface area contributed by atoms with Crippen molar-refractivity contribution in [2.45, 2.75) is 13.2 Å². The van der Waals surface area contributed by atoms with Crippen molar-refractivity contribution in [1.82, 2.24) is 4.57 Å². The van der Waals surface area contributed by atoms with E-state index in [0.29, 0.717) is 34.0 Å². The average molecular weight is 379 g/mol. The summed E-state index contributed by atoms with van der Waals surface area (Å²) in [5.41, 5.74) is 8.05. The highest BCUT2D eigenvalue weighted by molar-refractivity contribution is 6.17. The summed E-state index contributed by atoms with van der Waals surface area (Å²) in [6.45, 7) is 0.329. The van der Waals surface area contributed by atoms with Gasteiger partial charge in [0.25, 0.3) is 0 Å². The summed E-state index contributed by atoms with van der Waals surface area (Å²) in [5, 5.41) is 1.28. The molecule has 0 spiro atoms. The number of halogens is 2. The van der Waals surface area contributed by atoms with Gasteiger partial charge in [0.2, 0.25) is 5.91 Å². The van der Waals surface area contributed by atoms with Crippen LogP contribution in [-0.4, -0.2) is 17.6 Å². The topological polar surface area (TPSA) is 57.2 Å². The van der Waals surface area contributed by atoms with Crippen molar-refractivity contribution in [2.75, 3.05) is 7.11 Å². The number of carbonyl (C=O) groups is 1. The second kappa shape index (κ2) is 7.05. The van der Waals surface area contributed by atoms with Crippen LogP contribution in [0.4, 0.5) is 8.78 Å². The molecule has 0 aliphatic rings. The summed E-state index contributed by atoms with van der Waals surface area (Å²) >= 11 is 0. The summed E-state index contributed by atoms with van der Waals surface area (Å²) < 4.78 is 35.5. The molecule has 1 radical (unpaired) electrons. The van der Waals surface area contributed by atoms with Crippen molar-refractivity contribution >= 4 is 27.7 Å². The second-order valence-electron chi connectivity index (χ2n) is 6.55. The van der Waals surface area contributed by atoms with E-state index in [-0.39, 0.29) is 12.1 Å². The minimum atomic E-state index is -0.627. The van der Waals surface area contributed by atoms with Crippen LogP contribution in [0.5, 0.6) is 0 Å². The number of rotatable bonds is 5. The Morgan fingerprint density at radius 3 is 2.54 bits per heavy atom. The van der Waals surface area contributed by atoms with Crippen LogP contribution in [0.15, 0.2) is 48.5 Å². The SMILES string of the molecule is COCc1c[c]c2c3c(C(N)=O)cccc3n(Cc3c(F)cccc3F)c2c1. The predicted molar refractivity (Wildman–Crippen MR) is 103 cm³/mol. The zero-order valence-corrected chi connectivity index (χ0v) is 15.1. The molecule has 6 heteroatoms. The van der Waals surface area contributed by atoms with Crippen molar-refractivity contribution in [1.29, 1.82) is 0 Å². The third kappa shape index (κ3) is 2.92. The van der Waals surface area contributed by atoms with Crippen LogP contribution in [0, 0.1) is 17.7 Å². The van der Waals surface area contributed by atoms with Gasteiger partial charge in [-0.1, -0.05) is 12.1 Å². The molecule has 4 rings (SSSR count). The molecule has 0 bridgehead atoms. The Morgan fingerprint density at radius 1 is 1.14 bits per heavy atom. The fourth-order valence-corrected chi connectivity index (χ4v) is 3.57. The molecule has 28 heavy (non-hydrogen) atoms. The van der Waals surface area contributed by atoms with E-state index in [4.69, 9.17) is 10.5 Å². The molecule has 4 aromatic rings. The first-order chi connectivity index (χ1) is 13.5. The minimum absolute atomic E-state index is 0.0367. The highest BCUT2D eigenvalue weighted by Crippen LogP contribution is 2.33. The first kappa shape index (κ1) is 18.1. The fraction of sp³-hybridized carbons (Fsp3) is 0.136. The normalized spacial score (nSPS) is 11.4. The van der Waals surface area contributed by atoms with E-state index in [1.54, 1.807) is 35.9 Å². The third-order valence-corrected chi connectivity index (χ3v) is 4.81. The number of amides is 1. The summed E-state index contributed by atoms with van der Waals surface area (Å²) in [7, 11) is 1.58. The lowest BCUT2D eigenvalue weighted by Gasteiger charge is -2.10. The van der Waals surface area contributed by atoms with Gasteiger partial charge < -0.3 is 15.0 Å². The average Bonchev–Trinajstić information content (AvgIpc) is 2.98. The van der Waals surface area contributed by atoms with Gasteiger partial charge in [0.1, 0.15) is 11.6 Å². The smallest absolute Gasteiger partial charge is 0.249 e. The quantitative estimate of drug-likeness (QED) is 0.566. The van der Waals surface area contributed by atoms with Crippen LogP contribution >= 0.6 is 0 Å². The number of hydrogen-bond donors (Lipinski definition) is 1. The van der Waals surface area contributed by atoms with Crippen molar-refractivity contribution in [3.8, 4) is 0 Å². The Morgan fingerprint density at radius 2 is 1.86 bits per heavy atom. The van der Waals surface area contributed by atoms with E-state index < -0.39 is 17.5 Å². The van der Waals surface area contributed by atoms with Gasteiger partial charge in [0.05, 0.1) is 24.2 Å². The summed E-state index contributed by atoms with van der Waals surface area (Å²) in [5.74, 6) is -1.83. The van der Waals surface area contributed by atoms with Crippen LogP contribution in [0.25, 0.3) is 21.8 Å². The number of fused-ring (bicyclic) bond motifs is 3. The molecule has 1 amide bonds. The van der Waals surface area contributed by atoms with Gasteiger partial charge in [-0.25, -0.2) is 8.78 Å². The Labute approximate surface area is 160 Å². The van der Waals surface area contributed by atoms with Gasteiger partial charge in [-0.3, -0.25) is 4.79 Å². The first-order valence-corrected chi connectivity index (χ1v) is 8.68. The van der Waals surface area contributed by atoms with Crippen molar-refractivity contribution in [2.24, 2.45) is 5.73 Å². The molecular formula is C22H17F2N2O2. The van der Waals surface area contributed by atoms with Gasteiger partial charge >= 0.3 is 0 Å². The molecular weight excluding hydrogens is 362 g/mol. The Hall–Kier alpha value is -3.25. The Balaban J connectivity index is 2.05. The van der Waals surface area contributed by atoms with Crippen LogP contribution < -0.4 is 5.73 Å². The van der Waals surface area contributed by atoms with E-state index in [9.17, 15) is 13.6 Å². The number of benzene rings is 3. The molecule has 0 fully saturated rings. The number of methoxy groups -OCH3 is 1. The van der Waals surface area contributed by atoms with Gasteiger partial charge in [-0.2, -0.15) is 0 Å². The molecule has 1 heterocycles. The summed E-state index contributed by atoms with van der Waals surface area (Å²) in [6.07, 6.45) is 0. The lowest BCUT2D eigenvalue weighted by molar-refractivity contribution is 0.100. The highest BCUT2D eigenvalue weighted by atomic mass is 19.1. The van der Waals surface area contributed by atoms with Crippen LogP contribution in [0.3, 0.4) is 0 Å². The Kier molecular flexibility index (Phi) is 4.57. The standard InChI is InChI=1S/C22H17F2N2O2/c1-28-12-13-8-9-14-20(10-13)26(11-16-17(23)5-3-6-18(16)24)19-7-2-4-15(21(14)19)22(25)27/h2-8,10H,11-12H2,1H3,(H2,25,27). The Bertz CT molecular complexity index is 1190. The van der Waals surface area contributed by atoms with Gasteiger partial charge in [0, 0.05) is 29.0 Å². The van der Waals surface area contributed by atoms with Gasteiger partial charge in [0.15, 0.2) is 0 Å². The lowest BCUT2D eigenvalue weighted by Crippen LogP contribution is -2.11. The molecule has 2 N–H and O–H groups in total. The van der Waals surface area contributed by atoms with Crippen LogP contribution in [-0.2, 0) is 17.9 Å². The van der Waals surface area contributed by atoms with E-state index in [2.05, 4.69) is 6.07 Å². The minimum Gasteiger partial charge on any atom is -0.380 e. The van der Waals surface area contributed by atoms with E-state index in [1.165, 1.54) is 18.2 Å². The molecule has 0 saturated carbocycles. The molecule has 0 aliphatic heterocycles. The maximum Gasteiger partial charge on any atom is 0.249 e. The third-order valence-electron chi connectivity index (χ3n) is 4.81. The molecule has 0 saturated heterocycles. The zero-order valence-electron chi connectivity index (χ0n) is 15.1. The number of aromatic nitrogens is 1. The van der Waals surface area contributed by atoms with E-state index in [0.717, 1.165) is 5.56 Å². The maximum atomic E-state index is 14.3. The zero-order chi connectivity index (χ0) is 19.8. The largest absolute Gasteiger partial charge is 0.380 e. The molecule has 1 aromatic heterocycles. The highest BCUT2D eigenvalue weighted by Gasteiger charge is 2.19. The number of nitrogens with zero attached hydrogens (tertiary/aromatic N) is 1. The number of hydrogen-bond acceptors (Lipinski definition) is 2. The molecule has 0 unspecified atom stereocenters. The molecule has 4 nitrogen and oxygen atoms in total. The number of ether oxygens (including phenoxy) is 1. The maximum absolute atomic E-state index is 14.3. The summed E-state index contributed by atoms with van der Waals surface area (Å²) in [6, 6.07) is 15.7. The molecule has 0 aliphatic carbocycles.